The maximum absolute atomic E-state index is 13.9. The Morgan fingerprint density at radius 1 is 1.07 bits per heavy atom. The number of nitrogens with zero attached hydrogens (tertiary/aromatic N) is 7. The summed E-state index contributed by atoms with van der Waals surface area (Å²) in [5.41, 5.74) is 3.00. The average molecular weight is 584 g/mol. The van der Waals surface area contributed by atoms with E-state index in [1.54, 1.807) is 16.5 Å². The molecule has 1 spiro atoms. The van der Waals surface area contributed by atoms with E-state index in [0.717, 1.165) is 34.0 Å². The molecule has 2 aromatic heterocycles. The van der Waals surface area contributed by atoms with Crippen LogP contribution in [0, 0.1) is 5.92 Å². The smallest absolute Gasteiger partial charge is 0.409 e. The van der Waals surface area contributed by atoms with E-state index in [1.807, 2.05) is 47.1 Å². The number of methoxy groups -OCH3 is 1. The average Bonchev–Trinajstić information content (AvgIpc) is 3.80. The highest BCUT2D eigenvalue weighted by Gasteiger charge is 2.58. The van der Waals surface area contributed by atoms with Crippen LogP contribution < -0.4 is 0 Å². The number of aryl methyl sites for hydroxylation is 1. The van der Waals surface area contributed by atoms with Gasteiger partial charge in [-0.15, -0.1) is 11.3 Å². The second kappa shape index (κ2) is 10.1. The highest BCUT2D eigenvalue weighted by Crippen LogP contribution is 2.36. The van der Waals surface area contributed by atoms with Crippen molar-refractivity contribution >= 4 is 46.0 Å². The zero-order valence-electron chi connectivity index (χ0n) is 23.3. The van der Waals surface area contributed by atoms with Gasteiger partial charge in [-0.2, -0.15) is 5.10 Å². The molecule has 7 rings (SSSR count). The van der Waals surface area contributed by atoms with Crippen molar-refractivity contribution in [3.05, 3.63) is 70.8 Å². The fourth-order valence-electron chi connectivity index (χ4n) is 6.14. The molecule has 214 valence electrons. The number of fused-ring (bicyclic) bond motifs is 1. The highest BCUT2D eigenvalue weighted by molar-refractivity contribution is 7.11. The molecule has 1 unspecified atom stereocenters. The van der Waals surface area contributed by atoms with E-state index in [2.05, 4.69) is 28.3 Å². The van der Waals surface area contributed by atoms with Crippen LogP contribution in [0.1, 0.15) is 21.8 Å². The van der Waals surface area contributed by atoms with Crippen molar-refractivity contribution in [1.82, 2.24) is 29.5 Å². The lowest BCUT2D eigenvalue weighted by Crippen LogP contribution is -2.66. The fraction of sp³-hybridized carbons (Fsp3) is 0.333. The molecule has 3 aliphatic rings. The minimum absolute atomic E-state index is 0.0709. The van der Waals surface area contributed by atoms with Crippen molar-refractivity contribution < 1.29 is 19.1 Å². The topological polar surface area (TPSA) is 113 Å². The van der Waals surface area contributed by atoms with Crippen LogP contribution in [0.5, 0.6) is 0 Å². The minimum Gasteiger partial charge on any atom is -0.453 e. The summed E-state index contributed by atoms with van der Waals surface area (Å²) in [6.45, 7) is 1.97. The lowest BCUT2D eigenvalue weighted by molar-refractivity contribution is -0.136. The number of carbonyl (C=O) groups excluding carboxylic acids is 3. The third-order valence-corrected chi connectivity index (χ3v) is 9.17. The van der Waals surface area contributed by atoms with Crippen molar-refractivity contribution in [3.63, 3.8) is 0 Å². The Morgan fingerprint density at radius 2 is 1.83 bits per heavy atom. The molecule has 3 amide bonds. The molecule has 12 heteroatoms. The fourth-order valence-corrected chi connectivity index (χ4v) is 6.74. The largest absolute Gasteiger partial charge is 0.453 e. The number of thiazole rings is 1. The monoisotopic (exact) mass is 583 g/mol. The molecule has 2 saturated heterocycles. The van der Waals surface area contributed by atoms with Gasteiger partial charge in [0, 0.05) is 49.2 Å². The van der Waals surface area contributed by atoms with E-state index in [1.165, 1.54) is 23.3 Å². The molecule has 5 heterocycles. The maximum atomic E-state index is 13.9. The summed E-state index contributed by atoms with van der Waals surface area (Å²) in [4.78, 5) is 53.0. The first kappa shape index (κ1) is 26.3. The van der Waals surface area contributed by atoms with Crippen LogP contribution in [0.3, 0.4) is 0 Å². The van der Waals surface area contributed by atoms with Crippen LogP contribution in [0.2, 0.25) is 0 Å². The van der Waals surface area contributed by atoms with Crippen LogP contribution in [-0.4, -0.2) is 98.6 Å². The molecule has 11 nitrogen and oxygen atoms in total. The standard InChI is InChI=1S/C30H29N7O4S/c1-34-24-8-7-22(13-23(24)14-32-34)20-3-5-21(6-4-20)25-33-30(17-36(18-30)29(40)41-2)28(39)37(25)16-19-9-11-35(15-19)27(38)26-31-10-12-42-26/h3-8,10,12-14,19H,9,11,15-18H2,1-2H3. The number of carbonyl (C=O) groups is 3. The SMILES string of the molecule is COC(=O)N1CC2(C1)N=C(c1ccc(-c3ccc4c(cnn4C)c3)cc1)N(CC1CCN(C(=O)c3nccs3)C1)C2=O. The number of aromatic nitrogens is 3. The lowest BCUT2D eigenvalue weighted by atomic mass is 9.90. The Balaban J connectivity index is 1.14. The molecule has 42 heavy (non-hydrogen) atoms. The molecule has 0 N–H and O–H groups in total. The number of benzene rings is 2. The Morgan fingerprint density at radius 3 is 2.57 bits per heavy atom. The third kappa shape index (κ3) is 4.33. The summed E-state index contributed by atoms with van der Waals surface area (Å²) in [7, 11) is 3.25. The number of likely N-dealkylation sites (tertiary alicyclic amines) is 2. The highest BCUT2D eigenvalue weighted by atomic mass is 32.1. The molecule has 0 bridgehead atoms. The number of amidine groups is 1. The van der Waals surface area contributed by atoms with Crippen LogP contribution in [0.15, 0.2) is 65.2 Å². The molecule has 2 aromatic carbocycles. The third-order valence-electron chi connectivity index (χ3n) is 8.41. The molecule has 0 radical (unpaired) electrons. The molecule has 0 saturated carbocycles. The van der Waals surface area contributed by atoms with Crippen LogP contribution >= 0.6 is 11.3 Å². The van der Waals surface area contributed by atoms with Gasteiger partial charge in [-0.3, -0.25) is 19.2 Å². The first-order valence-electron chi connectivity index (χ1n) is 13.8. The van der Waals surface area contributed by atoms with Gasteiger partial charge in [0.1, 0.15) is 5.84 Å². The van der Waals surface area contributed by atoms with Gasteiger partial charge in [0.05, 0.1) is 31.9 Å². The first-order valence-corrected chi connectivity index (χ1v) is 14.7. The van der Waals surface area contributed by atoms with Crippen molar-refractivity contribution in [3.8, 4) is 11.1 Å². The van der Waals surface area contributed by atoms with E-state index in [-0.39, 0.29) is 30.8 Å². The van der Waals surface area contributed by atoms with E-state index in [0.29, 0.717) is 30.5 Å². The van der Waals surface area contributed by atoms with Gasteiger partial charge in [-0.1, -0.05) is 30.3 Å². The summed E-state index contributed by atoms with van der Waals surface area (Å²) >= 11 is 1.33. The quantitative estimate of drug-likeness (QED) is 0.357. The molecule has 3 aliphatic heterocycles. The van der Waals surface area contributed by atoms with E-state index in [9.17, 15) is 14.4 Å². The maximum Gasteiger partial charge on any atom is 0.409 e. The van der Waals surface area contributed by atoms with Crippen LogP contribution in [-0.2, 0) is 16.6 Å². The first-order chi connectivity index (χ1) is 20.3. The predicted octanol–water partition coefficient (Wildman–Crippen LogP) is 3.27. The number of aliphatic imine (C=N–C) groups is 1. The molecular formula is C30H29N7O4S. The number of ether oxygens (including phenoxy) is 1. The van der Waals surface area contributed by atoms with Gasteiger partial charge in [0.15, 0.2) is 10.5 Å². The summed E-state index contributed by atoms with van der Waals surface area (Å²) < 4.78 is 6.70. The molecule has 0 aliphatic carbocycles. The second-order valence-corrected chi connectivity index (χ2v) is 12.0. The number of hydrogen-bond acceptors (Lipinski definition) is 8. The Bertz CT molecular complexity index is 1720. The summed E-state index contributed by atoms with van der Waals surface area (Å²) in [5.74, 6) is 0.510. The number of amides is 3. The molecule has 1 atom stereocenters. The predicted molar refractivity (Wildman–Crippen MR) is 157 cm³/mol. The van der Waals surface area contributed by atoms with Crippen LogP contribution in [0.25, 0.3) is 22.0 Å². The summed E-state index contributed by atoms with van der Waals surface area (Å²) in [6.07, 6.45) is 3.81. The molecular weight excluding hydrogens is 554 g/mol. The summed E-state index contributed by atoms with van der Waals surface area (Å²) in [5, 5.41) is 7.68. The molecule has 4 aromatic rings. The Labute approximate surface area is 246 Å². The van der Waals surface area contributed by atoms with Crippen molar-refractivity contribution in [1.29, 1.82) is 0 Å². The van der Waals surface area contributed by atoms with Crippen LogP contribution in [0.4, 0.5) is 4.79 Å². The zero-order valence-corrected chi connectivity index (χ0v) is 24.1. The van der Waals surface area contributed by atoms with Gasteiger partial charge in [0.2, 0.25) is 0 Å². The van der Waals surface area contributed by atoms with Crippen molar-refractivity contribution in [2.45, 2.75) is 12.0 Å². The Hall–Kier alpha value is -4.58. The lowest BCUT2D eigenvalue weighted by Gasteiger charge is -2.43. The minimum atomic E-state index is -1.01. The second-order valence-electron chi connectivity index (χ2n) is 11.1. The van der Waals surface area contributed by atoms with Gasteiger partial charge in [-0.25, -0.2) is 14.8 Å². The van der Waals surface area contributed by atoms with E-state index in [4.69, 9.17) is 9.73 Å². The molecule has 2 fully saturated rings. The van der Waals surface area contributed by atoms with Gasteiger partial charge in [0.25, 0.3) is 11.8 Å². The normalized spacial score (nSPS) is 19.5. The van der Waals surface area contributed by atoms with Gasteiger partial charge < -0.3 is 14.5 Å². The van der Waals surface area contributed by atoms with E-state index < -0.39 is 11.6 Å². The van der Waals surface area contributed by atoms with Gasteiger partial charge in [-0.05, 0) is 35.6 Å². The zero-order chi connectivity index (χ0) is 29.0. The van der Waals surface area contributed by atoms with Gasteiger partial charge >= 0.3 is 6.09 Å². The number of hydrogen-bond donors (Lipinski definition) is 0. The summed E-state index contributed by atoms with van der Waals surface area (Å²) in [6, 6.07) is 14.3. The van der Waals surface area contributed by atoms with Crippen molar-refractivity contribution in [2.75, 3.05) is 39.8 Å². The van der Waals surface area contributed by atoms with Crippen molar-refractivity contribution in [2.24, 2.45) is 18.0 Å². The number of rotatable bonds is 5. The Kier molecular flexibility index (Phi) is 6.30. The van der Waals surface area contributed by atoms with E-state index >= 15 is 0 Å².